The molecule has 0 aliphatic heterocycles. The van der Waals surface area contributed by atoms with Gasteiger partial charge >= 0.3 is 0 Å². The molecule has 0 spiro atoms. The Morgan fingerprint density at radius 3 is 2.92 bits per heavy atom. The lowest BCUT2D eigenvalue weighted by Crippen LogP contribution is -2.30. The Morgan fingerprint density at radius 1 is 1.38 bits per heavy atom. The van der Waals surface area contributed by atoms with Crippen LogP contribution in [0.1, 0.15) is 27.2 Å². The van der Waals surface area contributed by atoms with E-state index in [0.29, 0.717) is 5.92 Å². The van der Waals surface area contributed by atoms with Crippen molar-refractivity contribution in [3.63, 3.8) is 0 Å². The molecule has 1 aliphatic carbocycles. The van der Waals surface area contributed by atoms with Crippen molar-refractivity contribution in [1.82, 2.24) is 4.98 Å². The topological polar surface area (TPSA) is 12.9 Å². The molecule has 1 aromatic heterocycles. The van der Waals surface area contributed by atoms with Crippen LogP contribution in [0.25, 0.3) is 12.2 Å². The van der Waals surface area contributed by atoms with Gasteiger partial charge in [0.15, 0.2) is 0 Å². The van der Waals surface area contributed by atoms with Crippen molar-refractivity contribution < 1.29 is 0 Å². The lowest BCUT2D eigenvalue weighted by molar-refractivity contribution is 0.796. The van der Waals surface area contributed by atoms with Gasteiger partial charge in [0.25, 0.3) is 0 Å². The summed E-state index contributed by atoms with van der Waals surface area (Å²) in [6, 6.07) is 4.11. The Kier molecular flexibility index (Phi) is 3.69. The van der Waals surface area contributed by atoms with E-state index in [1.807, 2.05) is 26.1 Å². The zero-order valence-corrected chi connectivity index (χ0v) is 8.62. The van der Waals surface area contributed by atoms with Gasteiger partial charge in [-0.25, -0.2) is 0 Å². The average molecular weight is 175 g/mol. The third-order valence-electron chi connectivity index (χ3n) is 2.02. The second-order valence-electron chi connectivity index (χ2n) is 3.06. The Morgan fingerprint density at radius 2 is 2.15 bits per heavy atom. The van der Waals surface area contributed by atoms with Gasteiger partial charge in [-0.05, 0) is 23.6 Å². The molecule has 1 aromatic rings. The Hall–Kier alpha value is -1.11. The summed E-state index contributed by atoms with van der Waals surface area (Å²) in [5.74, 6) is 0.673. The van der Waals surface area contributed by atoms with E-state index in [-0.39, 0.29) is 0 Å². The molecule has 1 nitrogen and oxygen atoms in total. The molecule has 0 amide bonds. The summed E-state index contributed by atoms with van der Waals surface area (Å²) in [6.45, 7) is 6.23. The van der Waals surface area contributed by atoms with Crippen LogP contribution in [-0.4, -0.2) is 4.98 Å². The van der Waals surface area contributed by atoms with Gasteiger partial charge in [-0.3, -0.25) is 4.98 Å². The molecular weight excluding hydrogens is 158 g/mol. The highest BCUT2D eigenvalue weighted by molar-refractivity contribution is 5.37. The van der Waals surface area contributed by atoms with Crippen LogP contribution in [0.3, 0.4) is 0 Å². The van der Waals surface area contributed by atoms with Gasteiger partial charge in [0.1, 0.15) is 0 Å². The first-order chi connectivity index (χ1) is 6.36. The molecule has 1 heterocycles. The van der Waals surface area contributed by atoms with Crippen LogP contribution in [0.2, 0.25) is 0 Å². The van der Waals surface area contributed by atoms with Crippen LogP contribution < -0.4 is 10.6 Å². The third-order valence-corrected chi connectivity index (χ3v) is 2.02. The fourth-order valence-electron chi connectivity index (χ4n) is 1.41. The molecule has 1 unspecified atom stereocenters. The highest BCUT2D eigenvalue weighted by Gasteiger charge is 1.99. The van der Waals surface area contributed by atoms with Gasteiger partial charge in [-0.1, -0.05) is 39.0 Å². The highest BCUT2D eigenvalue weighted by Crippen LogP contribution is 2.04. The maximum absolute atomic E-state index is 4.27. The van der Waals surface area contributed by atoms with Crippen molar-refractivity contribution in [1.29, 1.82) is 0 Å². The fourth-order valence-corrected chi connectivity index (χ4v) is 1.41. The van der Waals surface area contributed by atoms with Crippen LogP contribution in [0.15, 0.2) is 18.3 Å². The molecule has 1 heteroatoms. The van der Waals surface area contributed by atoms with E-state index in [9.17, 15) is 0 Å². The molecular formula is C12H17N. The van der Waals surface area contributed by atoms with E-state index in [1.54, 1.807) is 0 Å². The van der Waals surface area contributed by atoms with E-state index in [4.69, 9.17) is 0 Å². The van der Waals surface area contributed by atoms with Crippen molar-refractivity contribution in [2.75, 3.05) is 0 Å². The first-order valence-electron chi connectivity index (χ1n) is 4.99. The summed E-state index contributed by atoms with van der Waals surface area (Å²) in [5.41, 5.74) is 0. The largest absolute Gasteiger partial charge is 0.257 e. The molecule has 0 saturated carbocycles. The quantitative estimate of drug-likeness (QED) is 0.585. The van der Waals surface area contributed by atoms with Crippen molar-refractivity contribution in [3.8, 4) is 0 Å². The van der Waals surface area contributed by atoms with Crippen LogP contribution in [-0.2, 0) is 0 Å². The maximum atomic E-state index is 4.27. The summed E-state index contributed by atoms with van der Waals surface area (Å²) in [7, 11) is 0. The monoisotopic (exact) mass is 175 g/mol. The molecule has 0 bridgehead atoms. The molecule has 0 radical (unpaired) electrons. The molecule has 0 N–H and O–H groups in total. The fraction of sp³-hybridized carbons (Fsp3) is 0.417. The molecule has 0 saturated heterocycles. The predicted octanol–water partition coefficient (Wildman–Crippen LogP) is 1.71. The number of pyridine rings is 1. The minimum Gasteiger partial charge on any atom is -0.257 e. The number of fused-ring (bicyclic) bond motifs is 1. The van der Waals surface area contributed by atoms with Gasteiger partial charge in [0.2, 0.25) is 0 Å². The normalized spacial score (nSPS) is 18.5. The maximum Gasteiger partial charge on any atom is 0.0659 e. The van der Waals surface area contributed by atoms with E-state index in [1.165, 1.54) is 5.22 Å². The van der Waals surface area contributed by atoms with Crippen molar-refractivity contribution >= 4 is 12.2 Å². The van der Waals surface area contributed by atoms with E-state index in [0.717, 1.165) is 11.8 Å². The Bertz CT molecular complexity index is 365. The lowest BCUT2D eigenvalue weighted by atomic mass is 10.0. The van der Waals surface area contributed by atoms with Gasteiger partial charge in [0, 0.05) is 6.20 Å². The second-order valence-corrected chi connectivity index (χ2v) is 3.06. The minimum absolute atomic E-state index is 0.673. The molecule has 0 aromatic carbocycles. The standard InChI is InChI=1S/C10H11N.C2H6/c1-8-4-5-10-9(7-8)3-2-6-11-10;1-2/h2-3,5-8H,4H2,1H3;1-2H3. The minimum atomic E-state index is 0.673. The SMILES string of the molecule is CC.CC1C=c2cccnc2=CC1. The van der Waals surface area contributed by atoms with E-state index < -0.39 is 0 Å². The van der Waals surface area contributed by atoms with Crippen LogP contribution in [0.4, 0.5) is 0 Å². The number of hydrogen-bond donors (Lipinski definition) is 0. The number of rotatable bonds is 0. The molecule has 70 valence electrons. The van der Waals surface area contributed by atoms with E-state index >= 15 is 0 Å². The lowest BCUT2D eigenvalue weighted by Gasteiger charge is -2.05. The number of aromatic nitrogens is 1. The summed E-state index contributed by atoms with van der Waals surface area (Å²) in [4.78, 5) is 4.27. The van der Waals surface area contributed by atoms with Crippen molar-refractivity contribution in [3.05, 3.63) is 28.9 Å². The number of nitrogens with zero attached hydrogens (tertiary/aromatic N) is 1. The molecule has 1 aliphatic rings. The summed E-state index contributed by atoms with van der Waals surface area (Å²) < 4.78 is 0. The summed E-state index contributed by atoms with van der Waals surface area (Å²) in [6.07, 6.45) is 7.46. The summed E-state index contributed by atoms with van der Waals surface area (Å²) >= 11 is 0. The second kappa shape index (κ2) is 4.80. The first-order valence-corrected chi connectivity index (χ1v) is 4.99. The van der Waals surface area contributed by atoms with Gasteiger partial charge in [0.05, 0.1) is 5.35 Å². The van der Waals surface area contributed by atoms with Crippen molar-refractivity contribution in [2.45, 2.75) is 27.2 Å². The van der Waals surface area contributed by atoms with E-state index in [2.05, 4.69) is 30.1 Å². The van der Waals surface area contributed by atoms with Crippen molar-refractivity contribution in [2.24, 2.45) is 5.92 Å². The highest BCUT2D eigenvalue weighted by atomic mass is 14.6. The first kappa shape index (κ1) is 9.97. The zero-order valence-electron chi connectivity index (χ0n) is 8.62. The molecule has 2 rings (SSSR count). The molecule has 1 atom stereocenters. The Balaban J connectivity index is 0.000000396. The van der Waals surface area contributed by atoms with Gasteiger partial charge in [-0.2, -0.15) is 0 Å². The predicted molar refractivity (Wildman–Crippen MR) is 57.5 cm³/mol. The smallest absolute Gasteiger partial charge is 0.0659 e. The average Bonchev–Trinajstić information content (AvgIpc) is 2.21. The van der Waals surface area contributed by atoms with Crippen LogP contribution in [0.5, 0.6) is 0 Å². The van der Waals surface area contributed by atoms with Crippen LogP contribution in [0, 0.1) is 5.92 Å². The van der Waals surface area contributed by atoms with Gasteiger partial charge in [-0.15, -0.1) is 0 Å². The third kappa shape index (κ3) is 2.41. The zero-order chi connectivity index (χ0) is 9.68. The molecule has 0 fully saturated rings. The van der Waals surface area contributed by atoms with Gasteiger partial charge < -0.3 is 0 Å². The van der Waals surface area contributed by atoms with Crippen LogP contribution >= 0.6 is 0 Å². The number of hydrogen-bond acceptors (Lipinski definition) is 1. The molecule has 13 heavy (non-hydrogen) atoms. The Labute approximate surface area is 79.8 Å². The summed E-state index contributed by atoms with van der Waals surface area (Å²) in [5, 5.41) is 2.43.